The van der Waals surface area contributed by atoms with Gasteiger partial charge in [-0.3, -0.25) is 4.18 Å². The third-order valence-electron chi connectivity index (χ3n) is 4.76. The van der Waals surface area contributed by atoms with E-state index in [4.69, 9.17) is 4.18 Å². The molecule has 0 aliphatic carbocycles. The smallest absolute Gasteiger partial charge is 1.00 e. The maximum atomic E-state index is 12.5. The zero-order valence-electron chi connectivity index (χ0n) is 18.7. The molecule has 0 radical (unpaired) electrons. The Hall–Kier alpha value is -0.130. The van der Waals surface area contributed by atoms with Gasteiger partial charge in [-0.15, -0.1) is 0 Å². The zero-order valence-corrected chi connectivity index (χ0v) is 19.7. The van der Waals surface area contributed by atoms with E-state index >= 15 is 0 Å². The summed E-state index contributed by atoms with van der Waals surface area (Å²) in [6.45, 7) is 2.50. The van der Waals surface area contributed by atoms with E-state index in [0.717, 1.165) is 30.0 Å². The number of hydrogen-bond acceptors (Lipinski definition) is 3. The van der Waals surface area contributed by atoms with Crippen LogP contribution < -0.4 is 0 Å². The molecule has 0 bridgehead atoms. The quantitative estimate of drug-likeness (QED) is 0.217. The third kappa shape index (κ3) is 8.82. The molecule has 2 aromatic rings. The first-order valence-corrected chi connectivity index (χ1v) is 11.4. The van der Waals surface area contributed by atoms with Crippen LogP contribution in [0.5, 0.6) is 0 Å². The predicted octanol–water partition coefficient (Wildman–Crippen LogP) is 6.31. The minimum absolute atomic E-state index is 0. The SMILES string of the molecule is CCCCCCCCCCCCOS(=O)(=O)c1cccc2ccccc12.[Ca+2].[H-].[H-]. The fourth-order valence-corrected chi connectivity index (χ4v) is 4.40. The van der Waals surface area contributed by atoms with Gasteiger partial charge in [-0.05, 0) is 17.9 Å². The van der Waals surface area contributed by atoms with Crippen molar-refractivity contribution in [3.05, 3.63) is 42.5 Å². The van der Waals surface area contributed by atoms with Crippen LogP contribution in [0.25, 0.3) is 10.8 Å². The van der Waals surface area contributed by atoms with Crippen LogP contribution in [0.15, 0.2) is 47.4 Å². The topological polar surface area (TPSA) is 43.4 Å². The Labute approximate surface area is 198 Å². The maximum Gasteiger partial charge on any atom is 2.00 e. The van der Waals surface area contributed by atoms with Crippen LogP contribution in [0.3, 0.4) is 0 Å². The summed E-state index contributed by atoms with van der Waals surface area (Å²) in [6, 6.07) is 12.8. The van der Waals surface area contributed by atoms with Crippen LogP contribution >= 0.6 is 0 Å². The summed E-state index contributed by atoms with van der Waals surface area (Å²) in [5, 5.41) is 1.63. The van der Waals surface area contributed by atoms with Gasteiger partial charge in [0.05, 0.1) is 6.61 Å². The molecule has 0 amide bonds. The largest absolute Gasteiger partial charge is 2.00 e. The molecule has 0 saturated carbocycles. The third-order valence-corrected chi connectivity index (χ3v) is 6.13. The van der Waals surface area contributed by atoms with E-state index in [1.54, 1.807) is 12.1 Å². The molecular weight excluding hydrogens is 384 g/mol. The average Bonchev–Trinajstić information content (AvgIpc) is 2.65. The molecule has 0 aliphatic rings. The molecule has 0 fully saturated rings. The second-order valence-corrected chi connectivity index (χ2v) is 8.52. The number of unbranched alkanes of at least 4 members (excludes halogenated alkanes) is 9. The van der Waals surface area contributed by atoms with Crippen LogP contribution in [0, 0.1) is 0 Å². The summed E-state index contributed by atoms with van der Waals surface area (Å²) >= 11 is 0. The Kier molecular flexibility index (Phi) is 12.9. The van der Waals surface area contributed by atoms with Crippen LogP contribution in [-0.2, 0) is 14.3 Å². The minimum atomic E-state index is -3.70. The second-order valence-electron chi connectivity index (χ2n) is 6.94. The molecule has 0 unspecified atom stereocenters. The monoisotopic (exact) mass is 418 g/mol. The Morgan fingerprint density at radius 3 is 2.00 bits per heavy atom. The van der Waals surface area contributed by atoms with Gasteiger partial charge in [0.15, 0.2) is 0 Å². The molecule has 0 aliphatic heterocycles. The number of benzene rings is 2. The second kappa shape index (κ2) is 13.9. The minimum Gasteiger partial charge on any atom is -1.00 e. The summed E-state index contributed by atoms with van der Waals surface area (Å²) in [4.78, 5) is 0.266. The summed E-state index contributed by atoms with van der Waals surface area (Å²) < 4.78 is 30.2. The molecule has 0 heterocycles. The van der Waals surface area contributed by atoms with Gasteiger partial charge >= 0.3 is 37.7 Å². The number of hydrogen-bond donors (Lipinski definition) is 0. The van der Waals surface area contributed by atoms with Gasteiger partial charge in [0, 0.05) is 5.39 Å². The average molecular weight is 419 g/mol. The Balaban J connectivity index is 0. The van der Waals surface area contributed by atoms with Crippen LogP contribution in [-0.4, -0.2) is 52.8 Å². The zero-order chi connectivity index (χ0) is 18.7. The van der Waals surface area contributed by atoms with Gasteiger partial charge in [-0.1, -0.05) is 101 Å². The van der Waals surface area contributed by atoms with E-state index in [9.17, 15) is 8.42 Å². The van der Waals surface area contributed by atoms with Crippen molar-refractivity contribution in [3.8, 4) is 0 Å². The van der Waals surface area contributed by atoms with E-state index in [1.807, 2.05) is 30.3 Å². The van der Waals surface area contributed by atoms with Crippen molar-refractivity contribution in [2.75, 3.05) is 6.61 Å². The molecular formula is C22H34CaO3S. The first-order valence-electron chi connectivity index (χ1n) is 10.0. The maximum absolute atomic E-state index is 12.5. The first-order chi connectivity index (χ1) is 12.6. The van der Waals surface area contributed by atoms with Gasteiger partial charge < -0.3 is 2.85 Å². The van der Waals surface area contributed by atoms with Crippen molar-refractivity contribution >= 4 is 58.6 Å². The summed E-state index contributed by atoms with van der Waals surface area (Å²) in [5.74, 6) is 0. The Morgan fingerprint density at radius 1 is 0.778 bits per heavy atom. The molecule has 0 N–H and O–H groups in total. The normalized spacial score (nSPS) is 11.4. The predicted molar refractivity (Wildman–Crippen MR) is 117 cm³/mol. The molecule has 148 valence electrons. The van der Waals surface area contributed by atoms with Gasteiger partial charge in [0.25, 0.3) is 10.1 Å². The summed E-state index contributed by atoms with van der Waals surface area (Å²) in [7, 11) is -3.70. The molecule has 3 nitrogen and oxygen atoms in total. The molecule has 0 aromatic heterocycles. The molecule has 0 saturated heterocycles. The van der Waals surface area contributed by atoms with Gasteiger partial charge in [0.2, 0.25) is 0 Å². The van der Waals surface area contributed by atoms with Crippen molar-refractivity contribution in [1.29, 1.82) is 0 Å². The van der Waals surface area contributed by atoms with E-state index < -0.39 is 10.1 Å². The van der Waals surface area contributed by atoms with Gasteiger partial charge in [-0.2, -0.15) is 8.42 Å². The van der Waals surface area contributed by atoms with Crippen LogP contribution in [0.1, 0.15) is 74.0 Å². The number of rotatable bonds is 13. The van der Waals surface area contributed by atoms with E-state index in [2.05, 4.69) is 6.92 Å². The van der Waals surface area contributed by atoms with Crippen molar-refractivity contribution in [2.45, 2.75) is 76.0 Å². The van der Waals surface area contributed by atoms with E-state index in [0.29, 0.717) is 0 Å². The van der Waals surface area contributed by atoms with Crippen LogP contribution in [0.4, 0.5) is 0 Å². The molecule has 0 atom stereocenters. The van der Waals surface area contributed by atoms with Crippen molar-refractivity contribution in [3.63, 3.8) is 0 Å². The molecule has 5 heteroatoms. The summed E-state index contributed by atoms with van der Waals surface area (Å²) in [5.41, 5.74) is 0. The Bertz CT molecular complexity index is 764. The molecule has 2 aromatic carbocycles. The van der Waals surface area contributed by atoms with Crippen molar-refractivity contribution < 1.29 is 15.5 Å². The van der Waals surface area contributed by atoms with Crippen molar-refractivity contribution in [2.24, 2.45) is 0 Å². The van der Waals surface area contributed by atoms with Crippen molar-refractivity contribution in [1.82, 2.24) is 0 Å². The van der Waals surface area contributed by atoms with Gasteiger partial charge in [-0.25, -0.2) is 0 Å². The summed E-state index contributed by atoms with van der Waals surface area (Å²) in [6.07, 6.45) is 12.2. The fraction of sp³-hybridized carbons (Fsp3) is 0.545. The molecule has 2 rings (SSSR count). The standard InChI is InChI=1S/C22H32O3S.Ca.2H/c1-2-3-4-5-6-7-8-9-10-13-19-25-26(23,24)22-18-14-16-20-15-11-12-17-21(20)22;;;/h11-12,14-18H,2-10,13,19H2,1H3;;;/q;+2;2*-1. The Morgan fingerprint density at radius 2 is 1.33 bits per heavy atom. The molecule has 0 spiro atoms. The van der Waals surface area contributed by atoms with Crippen LogP contribution in [0.2, 0.25) is 0 Å². The number of fused-ring (bicyclic) bond motifs is 1. The van der Waals surface area contributed by atoms with Gasteiger partial charge in [0.1, 0.15) is 4.90 Å². The molecule has 27 heavy (non-hydrogen) atoms. The van der Waals surface area contributed by atoms with E-state index in [1.165, 1.54) is 44.9 Å². The fourth-order valence-electron chi connectivity index (χ4n) is 3.24. The first kappa shape index (κ1) is 24.9. The van der Waals surface area contributed by atoms with E-state index in [-0.39, 0.29) is 52.1 Å².